The van der Waals surface area contributed by atoms with Crippen LogP contribution in [0.25, 0.3) is 0 Å². The number of rotatable bonds is 3. The minimum Gasteiger partial charge on any atom is -0.497 e. The van der Waals surface area contributed by atoms with E-state index in [-0.39, 0.29) is 11.9 Å². The second-order valence-electron chi connectivity index (χ2n) is 7.21. The molecule has 2 heterocycles. The number of hydrogen-bond acceptors (Lipinski definition) is 4. The van der Waals surface area contributed by atoms with Crippen molar-refractivity contribution in [2.45, 2.75) is 18.7 Å². The molecule has 30 heavy (non-hydrogen) atoms. The first kappa shape index (κ1) is 19.6. The van der Waals surface area contributed by atoms with E-state index in [9.17, 15) is 4.39 Å². The number of benzene rings is 3. The Morgan fingerprint density at radius 2 is 1.90 bits per heavy atom. The summed E-state index contributed by atoms with van der Waals surface area (Å²) >= 11 is 7.20. The molecule has 0 saturated heterocycles. The third kappa shape index (κ3) is 3.40. The maximum atomic E-state index is 14.0. The van der Waals surface area contributed by atoms with Gasteiger partial charge in [-0.25, -0.2) is 9.40 Å². The highest BCUT2D eigenvalue weighted by Crippen LogP contribution is 2.50. The van der Waals surface area contributed by atoms with E-state index >= 15 is 0 Å². The van der Waals surface area contributed by atoms with E-state index < -0.39 is 6.23 Å². The molecule has 5 rings (SSSR count). The second-order valence-corrected chi connectivity index (χ2v) is 8.98. The van der Waals surface area contributed by atoms with Gasteiger partial charge in [-0.1, -0.05) is 28.1 Å². The molecule has 3 aromatic rings. The predicted octanol–water partition coefficient (Wildman–Crippen LogP) is 6.60. The first-order valence-electron chi connectivity index (χ1n) is 9.45. The van der Waals surface area contributed by atoms with Gasteiger partial charge in [0.05, 0.1) is 23.3 Å². The number of methoxy groups -OCH3 is 1. The highest BCUT2D eigenvalue weighted by molar-refractivity contribution is 9.11. The molecule has 7 heteroatoms. The molecule has 2 aliphatic heterocycles. The summed E-state index contributed by atoms with van der Waals surface area (Å²) in [6.45, 7) is 0. The van der Waals surface area contributed by atoms with Crippen LogP contribution in [0, 0.1) is 5.82 Å². The molecule has 0 amide bonds. The fourth-order valence-corrected chi connectivity index (χ4v) is 5.30. The Labute approximate surface area is 190 Å². The van der Waals surface area contributed by atoms with Gasteiger partial charge in [-0.05, 0) is 70.0 Å². The van der Waals surface area contributed by atoms with Gasteiger partial charge >= 0.3 is 0 Å². The van der Waals surface area contributed by atoms with Crippen LogP contribution >= 0.6 is 31.9 Å². The van der Waals surface area contributed by atoms with Gasteiger partial charge < -0.3 is 9.47 Å². The molecule has 0 bridgehead atoms. The van der Waals surface area contributed by atoms with E-state index in [1.54, 1.807) is 13.2 Å². The van der Waals surface area contributed by atoms with Crippen molar-refractivity contribution in [3.63, 3.8) is 0 Å². The molecular weight excluding hydrogens is 515 g/mol. The van der Waals surface area contributed by atoms with E-state index in [2.05, 4.69) is 37.9 Å². The first-order chi connectivity index (χ1) is 14.5. The highest BCUT2D eigenvalue weighted by Gasteiger charge is 2.42. The smallest absolute Gasteiger partial charge is 0.214 e. The lowest BCUT2D eigenvalue weighted by Crippen LogP contribution is -2.34. The number of hydrogen-bond donors (Lipinski definition) is 0. The summed E-state index contributed by atoms with van der Waals surface area (Å²) in [6.07, 6.45) is 0.198. The quantitative estimate of drug-likeness (QED) is 0.381. The zero-order chi connectivity index (χ0) is 20.8. The first-order valence-corrected chi connectivity index (χ1v) is 11.0. The summed E-state index contributed by atoms with van der Waals surface area (Å²) in [5.41, 5.74) is 3.74. The Hall–Kier alpha value is -2.38. The lowest BCUT2D eigenvalue weighted by atomic mass is 9.96. The third-order valence-electron chi connectivity index (χ3n) is 5.37. The Kier molecular flexibility index (Phi) is 5.03. The molecule has 0 saturated carbocycles. The van der Waals surface area contributed by atoms with Crippen LogP contribution in [0.15, 0.2) is 74.7 Å². The van der Waals surface area contributed by atoms with E-state index in [0.717, 1.165) is 49.3 Å². The van der Waals surface area contributed by atoms with Crippen molar-refractivity contribution in [3.8, 4) is 11.5 Å². The molecule has 0 radical (unpaired) electrons. The van der Waals surface area contributed by atoms with Crippen molar-refractivity contribution in [2.75, 3.05) is 7.11 Å². The molecule has 152 valence electrons. The van der Waals surface area contributed by atoms with Crippen LogP contribution in [0.5, 0.6) is 11.5 Å². The number of fused-ring (bicyclic) bond motifs is 3. The Morgan fingerprint density at radius 3 is 2.63 bits per heavy atom. The van der Waals surface area contributed by atoms with Gasteiger partial charge in [-0.15, -0.1) is 0 Å². The Morgan fingerprint density at radius 1 is 1.10 bits per heavy atom. The van der Waals surface area contributed by atoms with Gasteiger partial charge in [-0.2, -0.15) is 5.10 Å². The van der Waals surface area contributed by atoms with Crippen molar-refractivity contribution in [1.82, 2.24) is 5.01 Å². The molecule has 0 aliphatic carbocycles. The van der Waals surface area contributed by atoms with E-state index in [1.165, 1.54) is 12.1 Å². The van der Waals surface area contributed by atoms with Gasteiger partial charge in [0.15, 0.2) is 0 Å². The number of nitrogens with zero attached hydrogens (tertiary/aromatic N) is 2. The fraction of sp³-hybridized carbons (Fsp3) is 0.174. The standard InChI is InChI=1S/C23H17Br2FN2O2/c1-29-17-7-5-13(6-8-17)20-12-21-18-10-15(24)11-19(25)22(18)30-23(28(21)27-20)14-3-2-4-16(26)9-14/h2-11,21,23H,12H2,1H3/t21-,23-/m1/s1. The Bertz CT molecular complexity index is 1150. The largest absolute Gasteiger partial charge is 0.497 e. The molecule has 2 aliphatic rings. The summed E-state index contributed by atoms with van der Waals surface area (Å²) < 4.78 is 27.4. The van der Waals surface area contributed by atoms with E-state index in [0.29, 0.717) is 0 Å². The predicted molar refractivity (Wildman–Crippen MR) is 120 cm³/mol. The number of hydrazone groups is 1. The molecule has 0 fully saturated rings. The third-order valence-corrected chi connectivity index (χ3v) is 6.41. The van der Waals surface area contributed by atoms with Gasteiger partial charge in [0.25, 0.3) is 0 Å². The van der Waals surface area contributed by atoms with Crippen LogP contribution < -0.4 is 9.47 Å². The number of halogens is 3. The monoisotopic (exact) mass is 530 g/mol. The molecule has 0 unspecified atom stereocenters. The van der Waals surface area contributed by atoms with Crippen molar-refractivity contribution < 1.29 is 13.9 Å². The second kappa shape index (κ2) is 7.71. The molecule has 0 spiro atoms. The summed E-state index contributed by atoms with van der Waals surface area (Å²) in [5, 5.41) is 6.85. The van der Waals surface area contributed by atoms with Crippen molar-refractivity contribution in [2.24, 2.45) is 5.10 Å². The van der Waals surface area contributed by atoms with Crippen molar-refractivity contribution >= 4 is 37.6 Å². The Balaban J connectivity index is 1.61. The van der Waals surface area contributed by atoms with Gasteiger partial charge in [0, 0.05) is 22.0 Å². The van der Waals surface area contributed by atoms with Crippen LogP contribution in [0.1, 0.15) is 35.4 Å². The molecule has 2 atom stereocenters. The zero-order valence-corrected chi connectivity index (χ0v) is 19.2. The van der Waals surface area contributed by atoms with Crippen LogP contribution in [-0.4, -0.2) is 17.8 Å². The fourth-order valence-electron chi connectivity index (χ4n) is 3.95. The maximum absolute atomic E-state index is 14.0. The molecule has 0 aromatic heterocycles. The molecule has 3 aromatic carbocycles. The molecule has 4 nitrogen and oxygen atoms in total. The maximum Gasteiger partial charge on any atom is 0.214 e. The topological polar surface area (TPSA) is 34.1 Å². The van der Waals surface area contributed by atoms with Crippen molar-refractivity contribution in [1.29, 1.82) is 0 Å². The summed E-state index contributed by atoms with van der Waals surface area (Å²) in [5.74, 6) is 1.26. The van der Waals surface area contributed by atoms with Crippen LogP contribution in [0.4, 0.5) is 4.39 Å². The minimum absolute atomic E-state index is 0.0204. The lowest BCUT2D eigenvalue weighted by molar-refractivity contribution is -0.0199. The molecular formula is C23H17Br2FN2O2. The highest BCUT2D eigenvalue weighted by atomic mass is 79.9. The van der Waals surface area contributed by atoms with Gasteiger partial charge in [0.2, 0.25) is 6.23 Å². The number of ether oxygens (including phenoxy) is 2. The average molecular weight is 532 g/mol. The minimum atomic E-state index is -0.522. The SMILES string of the molecule is COc1ccc(C2=NN3[C@H](C2)c2cc(Br)cc(Br)c2O[C@@H]3c2cccc(F)c2)cc1. The summed E-state index contributed by atoms with van der Waals surface area (Å²) in [4.78, 5) is 0. The van der Waals surface area contributed by atoms with Crippen LogP contribution in [0.3, 0.4) is 0 Å². The van der Waals surface area contributed by atoms with Gasteiger partial charge in [0.1, 0.15) is 17.3 Å². The zero-order valence-electron chi connectivity index (χ0n) is 16.0. The van der Waals surface area contributed by atoms with Gasteiger partial charge in [-0.3, -0.25) is 0 Å². The lowest BCUT2D eigenvalue weighted by Gasteiger charge is -2.38. The van der Waals surface area contributed by atoms with Crippen LogP contribution in [0.2, 0.25) is 0 Å². The van der Waals surface area contributed by atoms with Crippen molar-refractivity contribution in [3.05, 3.63) is 92.1 Å². The average Bonchev–Trinajstić information content (AvgIpc) is 3.19. The van der Waals surface area contributed by atoms with E-state index in [1.807, 2.05) is 41.4 Å². The summed E-state index contributed by atoms with van der Waals surface area (Å²) in [7, 11) is 1.65. The normalized spacial score (nSPS) is 19.6. The van der Waals surface area contributed by atoms with Crippen LogP contribution in [-0.2, 0) is 0 Å². The molecule has 0 N–H and O–H groups in total. The summed E-state index contributed by atoms with van der Waals surface area (Å²) in [6, 6.07) is 18.4. The van der Waals surface area contributed by atoms with E-state index in [4.69, 9.17) is 14.6 Å².